The Morgan fingerprint density at radius 2 is 2.38 bits per heavy atom. The van der Waals surface area contributed by atoms with E-state index in [9.17, 15) is 4.79 Å². The molecule has 1 aromatic heterocycles. The highest BCUT2D eigenvalue weighted by molar-refractivity contribution is 5.83. The molecule has 2 heteroatoms. The second-order valence-corrected chi connectivity index (χ2v) is 3.67. The second-order valence-electron chi connectivity index (χ2n) is 3.67. The van der Waals surface area contributed by atoms with Gasteiger partial charge in [-0.15, -0.1) is 0 Å². The van der Waals surface area contributed by atoms with Crippen molar-refractivity contribution in [3.8, 4) is 0 Å². The number of carbonyl (C=O) groups is 1. The Hall–Kier alpha value is -1.05. The van der Waals surface area contributed by atoms with Gasteiger partial charge in [0.15, 0.2) is 0 Å². The van der Waals surface area contributed by atoms with Crippen LogP contribution >= 0.6 is 0 Å². The van der Waals surface area contributed by atoms with Crippen LogP contribution in [-0.2, 0) is 11.2 Å². The topological polar surface area (TPSA) is 30.2 Å². The predicted octanol–water partition coefficient (Wildman–Crippen LogP) is 2.58. The quantitative estimate of drug-likeness (QED) is 0.693. The maximum absolute atomic E-state index is 11.3. The highest BCUT2D eigenvalue weighted by Gasteiger charge is 2.28. The van der Waals surface area contributed by atoms with E-state index in [0.29, 0.717) is 11.7 Å². The molecule has 0 atom stereocenters. The van der Waals surface area contributed by atoms with Crippen molar-refractivity contribution in [3.63, 3.8) is 0 Å². The Bertz CT molecular complexity index is 270. The third-order valence-corrected chi connectivity index (χ3v) is 2.46. The number of carbonyl (C=O) groups excluding carboxylic acids is 1. The zero-order valence-corrected chi connectivity index (χ0v) is 7.66. The number of hydrogen-bond donors (Lipinski definition) is 0. The van der Waals surface area contributed by atoms with Crippen molar-refractivity contribution < 1.29 is 9.21 Å². The van der Waals surface area contributed by atoms with Gasteiger partial charge in [0.2, 0.25) is 0 Å². The van der Waals surface area contributed by atoms with Crippen molar-refractivity contribution >= 4 is 5.78 Å². The van der Waals surface area contributed by atoms with Gasteiger partial charge in [0, 0.05) is 18.8 Å². The first-order valence-electron chi connectivity index (χ1n) is 4.91. The summed E-state index contributed by atoms with van der Waals surface area (Å²) in [5.41, 5.74) is 0. The van der Waals surface area contributed by atoms with E-state index in [0.717, 1.165) is 37.9 Å². The average Bonchev–Trinajstić information content (AvgIpc) is 2.86. The van der Waals surface area contributed by atoms with Gasteiger partial charge < -0.3 is 4.42 Å². The van der Waals surface area contributed by atoms with Crippen molar-refractivity contribution in [1.82, 2.24) is 0 Å². The van der Waals surface area contributed by atoms with Gasteiger partial charge in [-0.3, -0.25) is 4.79 Å². The fourth-order valence-corrected chi connectivity index (χ4v) is 1.50. The maximum atomic E-state index is 11.3. The Kier molecular flexibility index (Phi) is 2.48. The van der Waals surface area contributed by atoms with Crippen LogP contribution < -0.4 is 0 Å². The van der Waals surface area contributed by atoms with E-state index in [1.807, 2.05) is 12.1 Å². The van der Waals surface area contributed by atoms with Gasteiger partial charge in [0.05, 0.1) is 6.26 Å². The van der Waals surface area contributed by atoms with E-state index in [2.05, 4.69) is 0 Å². The summed E-state index contributed by atoms with van der Waals surface area (Å²) in [6.07, 6.45) is 6.48. The van der Waals surface area contributed by atoms with E-state index in [4.69, 9.17) is 4.42 Å². The molecular formula is C11H14O2. The summed E-state index contributed by atoms with van der Waals surface area (Å²) >= 11 is 0. The lowest BCUT2D eigenvalue weighted by Crippen LogP contribution is -2.00. The fourth-order valence-electron chi connectivity index (χ4n) is 1.50. The number of Topliss-reactive ketones (excluding diaryl/α,β-unsaturated/α-hetero) is 1. The molecule has 2 nitrogen and oxygen atoms in total. The molecule has 1 aromatic rings. The first-order chi connectivity index (χ1) is 6.36. The van der Waals surface area contributed by atoms with Gasteiger partial charge >= 0.3 is 0 Å². The van der Waals surface area contributed by atoms with E-state index in [1.165, 1.54) is 0 Å². The van der Waals surface area contributed by atoms with Gasteiger partial charge in [0.25, 0.3) is 0 Å². The first kappa shape index (κ1) is 8.54. The summed E-state index contributed by atoms with van der Waals surface area (Å²) in [5, 5.41) is 0. The summed E-state index contributed by atoms with van der Waals surface area (Å²) in [7, 11) is 0. The number of furan rings is 1. The molecule has 0 spiro atoms. The summed E-state index contributed by atoms with van der Waals surface area (Å²) < 4.78 is 5.18. The predicted molar refractivity (Wildman–Crippen MR) is 49.4 cm³/mol. The fraction of sp³-hybridized carbons (Fsp3) is 0.545. The number of ketones is 1. The van der Waals surface area contributed by atoms with Crippen LogP contribution in [-0.4, -0.2) is 5.78 Å². The lowest BCUT2D eigenvalue weighted by atomic mass is 10.1. The van der Waals surface area contributed by atoms with Crippen molar-refractivity contribution in [2.45, 2.75) is 32.1 Å². The van der Waals surface area contributed by atoms with Crippen molar-refractivity contribution in [1.29, 1.82) is 0 Å². The van der Waals surface area contributed by atoms with E-state index >= 15 is 0 Å². The zero-order chi connectivity index (χ0) is 9.10. The SMILES string of the molecule is O=C(CCCc1ccco1)C1CC1. The normalized spacial score (nSPS) is 16.0. The summed E-state index contributed by atoms with van der Waals surface area (Å²) in [5.74, 6) is 1.85. The van der Waals surface area contributed by atoms with Crippen LogP contribution in [0.1, 0.15) is 31.4 Å². The smallest absolute Gasteiger partial charge is 0.135 e. The molecule has 0 aliphatic heterocycles. The Morgan fingerprint density at radius 1 is 1.54 bits per heavy atom. The maximum Gasteiger partial charge on any atom is 0.135 e. The summed E-state index contributed by atoms with van der Waals surface area (Å²) in [6.45, 7) is 0. The van der Waals surface area contributed by atoms with Crippen LogP contribution in [0.4, 0.5) is 0 Å². The van der Waals surface area contributed by atoms with Gasteiger partial charge in [-0.05, 0) is 31.4 Å². The van der Waals surface area contributed by atoms with Gasteiger partial charge in [0.1, 0.15) is 11.5 Å². The molecule has 0 amide bonds. The number of aryl methyl sites for hydroxylation is 1. The molecule has 0 bridgehead atoms. The molecule has 0 radical (unpaired) electrons. The molecule has 1 saturated carbocycles. The van der Waals surface area contributed by atoms with Crippen molar-refractivity contribution in [2.75, 3.05) is 0 Å². The van der Waals surface area contributed by atoms with Crippen LogP contribution in [0.3, 0.4) is 0 Å². The third kappa shape index (κ3) is 2.44. The Morgan fingerprint density at radius 3 is 3.00 bits per heavy atom. The van der Waals surface area contributed by atoms with E-state index in [-0.39, 0.29) is 0 Å². The molecule has 1 fully saturated rings. The Labute approximate surface area is 77.9 Å². The van der Waals surface area contributed by atoms with Gasteiger partial charge in [-0.1, -0.05) is 0 Å². The number of hydrogen-bond acceptors (Lipinski definition) is 2. The lowest BCUT2D eigenvalue weighted by Gasteiger charge is -1.96. The third-order valence-electron chi connectivity index (χ3n) is 2.46. The molecule has 1 aliphatic rings. The minimum absolute atomic E-state index is 0.414. The molecule has 1 aliphatic carbocycles. The van der Waals surface area contributed by atoms with Gasteiger partial charge in [-0.2, -0.15) is 0 Å². The molecule has 0 aromatic carbocycles. The largest absolute Gasteiger partial charge is 0.469 e. The summed E-state index contributed by atoms with van der Waals surface area (Å²) in [6, 6.07) is 3.85. The van der Waals surface area contributed by atoms with Crippen LogP contribution in [0.2, 0.25) is 0 Å². The van der Waals surface area contributed by atoms with E-state index < -0.39 is 0 Å². The van der Waals surface area contributed by atoms with Crippen LogP contribution in [0, 0.1) is 5.92 Å². The summed E-state index contributed by atoms with van der Waals surface area (Å²) in [4.78, 5) is 11.3. The van der Waals surface area contributed by atoms with Gasteiger partial charge in [-0.25, -0.2) is 0 Å². The molecule has 0 saturated heterocycles. The second kappa shape index (κ2) is 3.77. The molecule has 0 unspecified atom stereocenters. The zero-order valence-electron chi connectivity index (χ0n) is 7.66. The minimum Gasteiger partial charge on any atom is -0.469 e. The molecule has 70 valence electrons. The van der Waals surface area contributed by atoms with Crippen LogP contribution in [0.25, 0.3) is 0 Å². The molecule has 1 heterocycles. The minimum atomic E-state index is 0.414. The molecule has 0 N–H and O–H groups in total. The molecular weight excluding hydrogens is 164 g/mol. The Balaban J connectivity index is 1.66. The average molecular weight is 178 g/mol. The first-order valence-corrected chi connectivity index (χ1v) is 4.91. The van der Waals surface area contributed by atoms with Crippen molar-refractivity contribution in [2.24, 2.45) is 5.92 Å². The number of rotatable bonds is 5. The lowest BCUT2D eigenvalue weighted by molar-refractivity contribution is -0.120. The van der Waals surface area contributed by atoms with E-state index in [1.54, 1.807) is 6.26 Å². The van der Waals surface area contributed by atoms with Crippen LogP contribution in [0.5, 0.6) is 0 Å². The highest BCUT2D eigenvalue weighted by Crippen LogP contribution is 2.31. The molecule has 2 rings (SSSR count). The monoisotopic (exact) mass is 178 g/mol. The standard InChI is InChI=1S/C11H14O2/c12-11(9-6-7-9)5-1-3-10-4-2-8-13-10/h2,4,8-9H,1,3,5-7H2. The van der Waals surface area contributed by atoms with Crippen molar-refractivity contribution in [3.05, 3.63) is 24.2 Å². The molecule has 13 heavy (non-hydrogen) atoms. The van der Waals surface area contributed by atoms with Crippen LogP contribution in [0.15, 0.2) is 22.8 Å². The highest BCUT2D eigenvalue weighted by atomic mass is 16.3.